The minimum absolute atomic E-state index is 0.126. The number of rotatable bonds is 2. The average Bonchev–Trinajstić information content (AvgIpc) is 3.34. The number of alkyl halides is 1. The molecule has 3 aliphatic rings. The highest BCUT2D eigenvalue weighted by Gasteiger charge is 2.53. The minimum Gasteiger partial charge on any atom is -0.507 e. The van der Waals surface area contributed by atoms with Gasteiger partial charge in [0.05, 0.1) is 11.1 Å². The molecule has 1 unspecified atom stereocenters. The lowest BCUT2D eigenvalue weighted by molar-refractivity contribution is -0.127. The molecule has 2 saturated carbocycles. The van der Waals surface area contributed by atoms with E-state index in [0.717, 1.165) is 47.2 Å². The largest absolute Gasteiger partial charge is 0.507 e. The van der Waals surface area contributed by atoms with Crippen LogP contribution in [0, 0.1) is 11.3 Å². The summed E-state index contributed by atoms with van der Waals surface area (Å²) in [5.74, 6) is 1.86. The average molecular weight is 356 g/mol. The molecule has 1 aliphatic heterocycles. The molecule has 0 saturated heterocycles. The molecule has 1 heterocycles. The molecule has 1 atom stereocenters. The lowest BCUT2D eigenvalue weighted by Gasteiger charge is -2.31. The number of aromatic hydroxyl groups is 1. The van der Waals surface area contributed by atoms with Gasteiger partial charge in [-0.25, -0.2) is 0 Å². The number of hydrogen-bond donors (Lipinski definition) is 1. The number of amides is 1. The van der Waals surface area contributed by atoms with Gasteiger partial charge >= 0.3 is 0 Å². The molecule has 1 N–H and O–H groups in total. The van der Waals surface area contributed by atoms with Crippen molar-refractivity contribution in [2.24, 2.45) is 11.3 Å². The van der Waals surface area contributed by atoms with Crippen LogP contribution in [0.15, 0.2) is 30.3 Å². The van der Waals surface area contributed by atoms with E-state index < -0.39 is 0 Å². The van der Waals surface area contributed by atoms with E-state index in [4.69, 9.17) is 11.6 Å². The highest BCUT2D eigenvalue weighted by Crippen LogP contribution is 2.56. The first-order valence-corrected chi connectivity index (χ1v) is 9.79. The molecule has 3 nitrogen and oxygen atoms in total. The van der Waals surface area contributed by atoms with E-state index in [1.807, 2.05) is 29.2 Å². The zero-order valence-corrected chi connectivity index (χ0v) is 14.9. The van der Waals surface area contributed by atoms with E-state index in [-0.39, 0.29) is 23.0 Å². The third-order valence-corrected chi connectivity index (χ3v) is 7.14. The summed E-state index contributed by atoms with van der Waals surface area (Å²) in [6.45, 7) is 0.636. The first-order valence-electron chi connectivity index (χ1n) is 9.25. The van der Waals surface area contributed by atoms with E-state index in [0.29, 0.717) is 12.4 Å². The van der Waals surface area contributed by atoms with Gasteiger partial charge in [0.2, 0.25) is 5.91 Å². The summed E-state index contributed by atoms with van der Waals surface area (Å²) in [5.41, 5.74) is 1.84. The van der Waals surface area contributed by atoms with E-state index in [9.17, 15) is 9.90 Å². The number of fused-ring (bicyclic) bond motifs is 5. The van der Waals surface area contributed by atoms with Crippen LogP contribution in [0.3, 0.4) is 0 Å². The van der Waals surface area contributed by atoms with Crippen LogP contribution in [-0.4, -0.2) is 23.4 Å². The lowest BCUT2D eigenvalue weighted by atomic mass is 9.83. The number of carbonyl (C=O) groups excluding carboxylic acids is 1. The van der Waals surface area contributed by atoms with Crippen molar-refractivity contribution in [3.05, 3.63) is 35.9 Å². The van der Waals surface area contributed by atoms with Gasteiger partial charge in [-0.3, -0.25) is 4.79 Å². The molecule has 0 aromatic heterocycles. The van der Waals surface area contributed by atoms with Crippen LogP contribution >= 0.6 is 11.6 Å². The van der Waals surface area contributed by atoms with Crippen molar-refractivity contribution in [2.45, 2.75) is 38.0 Å². The van der Waals surface area contributed by atoms with Crippen LogP contribution in [0.25, 0.3) is 10.8 Å². The number of anilines is 1. The first-order chi connectivity index (χ1) is 12.1. The van der Waals surface area contributed by atoms with Gasteiger partial charge in [0.1, 0.15) is 5.75 Å². The van der Waals surface area contributed by atoms with E-state index >= 15 is 0 Å². The predicted molar refractivity (Wildman–Crippen MR) is 100 cm³/mol. The van der Waals surface area contributed by atoms with Gasteiger partial charge < -0.3 is 10.0 Å². The monoisotopic (exact) mass is 355 g/mol. The third kappa shape index (κ3) is 2.08. The van der Waals surface area contributed by atoms with Gasteiger partial charge in [0.15, 0.2) is 0 Å². The molecule has 0 radical (unpaired) electrons. The van der Waals surface area contributed by atoms with Crippen molar-refractivity contribution >= 4 is 34.0 Å². The van der Waals surface area contributed by atoms with Gasteiger partial charge in [0, 0.05) is 29.8 Å². The molecule has 2 aliphatic carbocycles. The SMILES string of the molecule is O=C(N1CC(CCl)c2c1cc(O)c1ccccc21)C12CCC(CC1)C2. The second-order valence-electron chi connectivity index (χ2n) is 8.07. The Bertz CT molecular complexity index is 870. The van der Waals surface area contributed by atoms with Crippen LogP contribution in [0.2, 0.25) is 0 Å². The van der Waals surface area contributed by atoms with E-state index in [1.54, 1.807) is 6.07 Å². The summed E-state index contributed by atoms with van der Waals surface area (Å²) in [7, 11) is 0. The maximum absolute atomic E-state index is 13.5. The summed E-state index contributed by atoms with van der Waals surface area (Å²) < 4.78 is 0. The molecule has 1 amide bonds. The molecular weight excluding hydrogens is 334 g/mol. The summed E-state index contributed by atoms with van der Waals surface area (Å²) >= 11 is 6.28. The number of benzene rings is 2. The number of phenolic OH excluding ortho intramolecular Hbond substituents is 1. The third-order valence-electron chi connectivity index (χ3n) is 6.77. The Hall–Kier alpha value is -1.74. The first kappa shape index (κ1) is 15.5. The summed E-state index contributed by atoms with van der Waals surface area (Å²) in [6.07, 6.45) is 5.46. The smallest absolute Gasteiger partial charge is 0.233 e. The number of phenols is 1. The van der Waals surface area contributed by atoms with Crippen molar-refractivity contribution in [3.63, 3.8) is 0 Å². The lowest BCUT2D eigenvalue weighted by Crippen LogP contribution is -2.41. The van der Waals surface area contributed by atoms with Gasteiger partial charge in [0.25, 0.3) is 0 Å². The Kier molecular flexibility index (Phi) is 3.34. The fraction of sp³-hybridized carbons (Fsp3) is 0.476. The molecular formula is C21H22ClNO2. The minimum atomic E-state index is -0.162. The quantitative estimate of drug-likeness (QED) is 0.786. The van der Waals surface area contributed by atoms with Crippen LogP contribution in [-0.2, 0) is 4.79 Å². The highest BCUT2D eigenvalue weighted by molar-refractivity contribution is 6.19. The maximum atomic E-state index is 13.5. The Labute approximate surface area is 152 Å². The van der Waals surface area contributed by atoms with Crippen molar-refractivity contribution in [1.29, 1.82) is 0 Å². The van der Waals surface area contributed by atoms with Gasteiger partial charge in [-0.15, -0.1) is 11.6 Å². The fourth-order valence-corrected chi connectivity index (χ4v) is 5.78. The van der Waals surface area contributed by atoms with Crippen LogP contribution in [0.1, 0.15) is 43.6 Å². The molecule has 25 heavy (non-hydrogen) atoms. The number of halogens is 1. The molecule has 2 fully saturated rings. The number of nitrogens with zero attached hydrogens (tertiary/aromatic N) is 1. The highest BCUT2D eigenvalue weighted by atomic mass is 35.5. The van der Waals surface area contributed by atoms with Crippen molar-refractivity contribution in [1.82, 2.24) is 0 Å². The van der Waals surface area contributed by atoms with Crippen molar-refractivity contribution in [2.75, 3.05) is 17.3 Å². The molecule has 4 heteroatoms. The Balaban J connectivity index is 1.65. The zero-order chi connectivity index (χ0) is 17.2. The van der Waals surface area contributed by atoms with E-state index in [1.165, 1.54) is 12.8 Å². The van der Waals surface area contributed by atoms with Gasteiger partial charge in [-0.1, -0.05) is 24.3 Å². The summed E-state index contributed by atoms with van der Waals surface area (Å²) in [4.78, 5) is 15.4. The topological polar surface area (TPSA) is 40.5 Å². The Morgan fingerprint density at radius 2 is 1.96 bits per heavy atom. The number of carbonyl (C=O) groups is 1. The maximum Gasteiger partial charge on any atom is 0.233 e. The molecule has 2 bridgehead atoms. The summed E-state index contributed by atoms with van der Waals surface area (Å²) in [6, 6.07) is 9.65. The normalized spacial score (nSPS) is 30.2. The molecule has 0 spiro atoms. The number of hydrogen-bond acceptors (Lipinski definition) is 2. The van der Waals surface area contributed by atoms with Crippen molar-refractivity contribution in [3.8, 4) is 5.75 Å². The van der Waals surface area contributed by atoms with Crippen LogP contribution < -0.4 is 4.90 Å². The predicted octanol–water partition coefficient (Wildman–Crippen LogP) is 4.79. The van der Waals surface area contributed by atoms with Crippen LogP contribution in [0.4, 0.5) is 5.69 Å². The van der Waals surface area contributed by atoms with Crippen LogP contribution in [0.5, 0.6) is 5.75 Å². The van der Waals surface area contributed by atoms with Gasteiger partial charge in [-0.2, -0.15) is 0 Å². The Morgan fingerprint density at radius 3 is 2.60 bits per heavy atom. The second kappa shape index (κ2) is 5.38. The molecule has 130 valence electrons. The van der Waals surface area contributed by atoms with Crippen molar-refractivity contribution < 1.29 is 9.90 Å². The molecule has 2 aromatic carbocycles. The Morgan fingerprint density at radius 1 is 1.24 bits per heavy atom. The standard InChI is InChI=1S/C21H22ClNO2/c22-11-14-12-23(20(25)21-7-5-13(10-21)6-8-21)17-9-18(24)15-3-1-2-4-16(15)19(14)17/h1-4,9,13-14,24H,5-8,10-12H2. The van der Waals surface area contributed by atoms with E-state index in [2.05, 4.69) is 0 Å². The molecule has 5 rings (SSSR count). The molecule has 2 aromatic rings. The van der Waals surface area contributed by atoms with Gasteiger partial charge in [-0.05, 0) is 49.0 Å². The summed E-state index contributed by atoms with van der Waals surface area (Å²) in [5, 5.41) is 12.4. The zero-order valence-electron chi connectivity index (χ0n) is 14.2. The fourth-order valence-electron chi connectivity index (χ4n) is 5.52. The second-order valence-corrected chi connectivity index (χ2v) is 8.38.